The molecular formula is C14H14N2O4. The van der Waals surface area contributed by atoms with Crippen molar-refractivity contribution >= 4 is 17.9 Å². The molecular weight excluding hydrogens is 260 g/mol. The highest BCUT2D eigenvalue weighted by atomic mass is 16.6. The second-order valence-corrected chi connectivity index (χ2v) is 3.53. The number of para-hydroxylation sites is 2. The summed E-state index contributed by atoms with van der Waals surface area (Å²) >= 11 is 0. The summed E-state index contributed by atoms with van der Waals surface area (Å²) in [4.78, 5) is 20.2. The monoisotopic (exact) mass is 274 g/mol. The van der Waals surface area contributed by atoms with E-state index in [0.717, 1.165) is 0 Å². The summed E-state index contributed by atoms with van der Waals surface area (Å²) in [6, 6.07) is 18.1. The first-order valence-electron chi connectivity index (χ1n) is 5.65. The van der Waals surface area contributed by atoms with Crippen LogP contribution in [0.15, 0.2) is 60.7 Å². The van der Waals surface area contributed by atoms with Gasteiger partial charge in [0.05, 0.1) is 0 Å². The van der Waals surface area contributed by atoms with Gasteiger partial charge >= 0.3 is 12.2 Å². The second-order valence-electron chi connectivity index (χ2n) is 3.53. The molecule has 0 saturated heterocycles. The van der Waals surface area contributed by atoms with Gasteiger partial charge in [0.1, 0.15) is 5.75 Å². The number of nitrogens with one attached hydrogen (secondary N) is 1. The van der Waals surface area contributed by atoms with E-state index in [9.17, 15) is 4.79 Å². The Hall–Kier alpha value is -3.02. The molecule has 104 valence electrons. The third-order valence-electron chi connectivity index (χ3n) is 1.97. The Bertz CT molecular complexity index is 496. The average molecular weight is 274 g/mol. The van der Waals surface area contributed by atoms with E-state index in [-0.39, 0.29) is 0 Å². The molecule has 0 aliphatic heterocycles. The van der Waals surface area contributed by atoms with Crippen LogP contribution in [0.1, 0.15) is 0 Å². The van der Waals surface area contributed by atoms with E-state index in [4.69, 9.17) is 14.6 Å². The molecule has 0 radical (unpaired) electrons. The lowest BCUT2D eigenvalue weighted by Gasteiger charge is -2.05. The summed E-state index contributed by atoms with van der Waals surface area (Å²) < 4.78 is 5.07. The van der Waals surface area contributed by atoms with Crippen LogP contribution in [0.4, 0.5) is 15.3 Å². The third-order valence-corrected chi connectivity index (χ3v) is 1.97. The van der Waals surface area contributed by atoms with Gasteiger partial charge in [-0.05, 0) is 24.3 Å². The van der Waals surface area contributed by atoms with Crippen molar-refractivity contribution in [3.8, 4) is 5.75 Å². The molecule has 0 unspecified atom stereocenters. The van der Waals surface area contributed by atoms with Crippen molar-refractivity contribution in [2.24, 2.45) is 5.73 Å². The van der Waals surface area contributed by atoms with E-state index in [2.05, 4.69) is 11.1 Å². The van der Waals surface area contributed by atoms with E-state index in [1.54, 1.807) is 24.3 Å². The maximum atomic E-state index is 11.4. The number of ether oxygens (including phenoxy) is 1. The van der Waals surface area contributed by atoms with Crippen molar-refractivity contribution in [3.05, 3.63) is 60.7 Å². The summed E-state index contributed by atoms with van der Waals surface area (Å²) in [5, 5.41) is 9.82. The highest BCUT2D eigenvalue weighted by Crippen LogP contribution is 2.10. The van der Waals surface area contributed by atoms with Gasteiger partial charge in [-0.15, -0.1) is 0 Å². The highest BCUT2D eigenvalue weighted by molar-refractivity contribution is 5.86. The lowest BCUT2D eigenvalue weighted by atomic mass is 10.3. The first kappa shape index (κ1) is 15.0. The summed E-state index contributed by atoms with van der Waals surface area (Å²) in [6.45, 7) is 0. The molecule has 0 heterocycles. The Morgan fingerprint density at radius 1 is 0.950 bits per heavy atom. The molecule has 2 amide bonds. The lowest BCUT2D eigenvalue weighted by Crippen LogP contribution is -2.16. The molecule has 0 saturated carbocycles. The molecule has 0 spiro atoms. The summed E-state index contributed by atoms with van der Waals surface area (Å²) in [6.07, 6.45) is -1.82. The summed E-state index contributed by atoms with van der Waals surface area (Å²) in [5.74, 6) is 0.524. The minimum Gasteiger partial charge on any atom is -0.465 e. The molecule has 0 bridgehead atoms. The number of carbonyl (C=O) groups is 2. The van der Waals surface area contributed by atoms with Gasteiger partial charge in [0.25, 0.3) is 0 Å². The maximum absolute atomic E-state index is 11.4. The molecule has 20 heavy (non-hydrogen) atoms. The van der Waals surface area contributed by atoms with Crippen LogP contribution in [0.5, 0.6) is 5.75 Å². The normalized spacial score (nSPS) is 8.80. The standard InChI is InChI=1S/C13H11NO2.CH3NO2/c15-13(14-11-7-3-1-4-8-11)16-12-9-5-2-6-10-12;2-1(3)4/h1-10H,(H,14,15);2H2,(H,3,4). The minimum absolute atomic E-state index is 0.489. The molecule has 6 nitrogen and oxygen atoms in total. The Morgan fingerprint density at radius 3 is 1.90 bits per heavy atom. The maximum Gasteiger partial charge on any atom is 0.417 e. The zero-order valence-electron chi connectivity index (χ0n) is 10.5. The Morgan fingerprint density at radius 2 is 1.40 bits per heavy atom. The first-order valence-corrected chi connectivity index (χ1v) is 5.65. The zero-order valence-corrected chi connectivity index (χ0v) is 10.5. The Balaban J connectivity index is 0.000000444. The van der Waals surface area contributed by atoms with E-state index < -0.39 is 12.2 Å². The van der Waals surface area contributed by atoms with Crippen LogP contribution >= 0.6 is 0 Å². The lowest BCUT2D eigenvalue weighted by molar-refractivity contribution is 0.205. The van der Waals surface area contributed by atoms with Crippen molar-refractivity contribution in [2.45, 2.75) is 0 Å². The van der Waals surface area contributed by atoms with Gasteiger partial charge in [-0.2, -0.15) is 0 Å². The van der Waals surface area contributed by atoms with Crippen LogP contribution < -0.4 is 15.8 Å². The fourth-order valence-corrected chi connectivity index (χ4v) is 1.26. The number of nitrogens with two attached hydrogens (primary N) is 1. The number of rotatable bonds is 2. The van der Waals surface area contributed by atoms with Crippen LogP contribution in [0.25, 0.3) is 0 Å². The largest absolute Gasteiger partial charge is 0.465 e. The molecule has 2 aromatic rings. The van der Waals surface area contributed by atoms with E-state index in [1.807, 2.05) is 36.4 Å². The molecule has 2 rings (SSSR count). The smallest absolute Gasteiger partial charge is 0.417 e. The SMILES string of the molecule is NC(=O)O.O=C(Nc1ccccc1)Oc1ccccc1. The summed E-state index contributed by atoms with van der Waals surface area (Å²) in [5.41, 5.74) is 4.74. The molecule has 0 fully saturated rings. The molecule has 6 heteroatoms. The number of anilines is 1. The van der Waals surface area contributed by atoms with Crippen LogP contribution in [-0.4, -0.2) is 17.3 Å². The Kier molecular flexibility index (Phi) is 6.13. The van der Waals surface area contributed by atoms with Gasteiger partial charge in [0.15, 0.2) is 0 Å². The van der Waals surface area contributed by atoms with Crippen molar-refractivity contribution < 1.29 is 19.4 Å². The fraction of sp³-hybridized carbons (Fsp3) is 0. The number of carbonyl (C=O) groups excluding carboxylic acids is 1. The van der Waals surface area contributed by atoms with Crippen LogP contribution in [0.2, 0.25) is 0 Å². The number of amides is 2. The van der Waals surface area contributed by atoms with Gasteiger partial charge in [-0.25, -0.2) is 9.59 Å². The zero-order chi connectivity index (χ0) is 14.8. The van der Waals surface area contributed by atoms with Crippen LogP contribution in [-0.2, 0) is 0 Å². The summed E-state index contributed by atoms with van der Waals surface area (Å²) in [7, 11) is 0. The van der Waals surface area contributed by atoms with E-state index >= 15 is 0 Å². The number of hydrogen-bond donors (Lipinski definition) is 3. The first-order chi connectivity index (χ1) is 9.58. The fourth-order valence-electron chi connectivity index (χ4n) is 1.26. The number of carboxylic acid groups (broad SMARTS) is 1. The quantitative estimate of drug-likeness (QED) is 0.783. The van der Waals surface area contributed by atoms with Crippen molar-refractivity contribution in [1.82, 2.24) is 0 Å². The topological polar surface area (TPSA) is 102 Å². The molecule has 0 aliphatic rings. The van der Waals surface area contributed by atoms with Gasteiger partial charge in [0.2, 0.25) is 0 Å². The molecule has 0 atom stereocenters. The van der Waals surface area contributed by atoms with E-state index in [0.29, 0.717) is 11.4 Å². The minimum atomic E-state index is -1.33. The predicted molar refractivity (Wildman–Crippen MR) is 74.7 cm³/mol. The predicted octanol–water partition coefficient (Wildman–Crippen LogP) is 2.92. The van der Waals surface area contributed by atoms with Crippen LogP contribution in [0.3, 0.4) is 0 Å². The number of primary amides is 1. The van der Waals surface area contributed by atoms with Crippen molar-refractivity contribution in [1.29, 1.82) is 0 Å². The number of benzene rings is 2. The van der Waals surface area contributed by atoms with Gasteiger partial charge in [0, 0.05) is 5.69 Å². The highest BCUT2D eigenvalue weighted by Gasteiger charge is 2.03. The van der Waals surface area contributed by atoms with Crippen molar-refractivity contribution in [2.75, 3.05) is 5.32 Å². The third kappa shape index (κ3) is 6.65. The van der Waals surface area contributed by atoms with Gasteiger partial charge in [-0.3, -0.25) is 5.32 Å². The average Bonchev–Trinajstić information content (AvgIpc) is 2.40. The van der Waals surface area contributed by atoms with Crippen LogP contribution in [0, 0.1) is 0 Å². The van der Waals surface area contributed by atoms with E-state index in [1.165, 1.54) is 0 Å². The van der Waals surface area contributed by atoms with Gasteiger partial charge in [-0.1, -0.05) is 36.4 Å². The van der Waals surface area contributed by atoms with Gasteiger partial charge < -0.3 is 15.6 Å². The molecule has 4 N–H and O–H groups in total. The Labute approximate surface area is 115 Å². The molecule has 0 aliphatic carbocycles. The molecule has 0 aromatic heterocycles. The second kappa shape index (κ2) is 8.15. The van der Waals surface area contributed by atoms with Crippen molar-refractivity contribution in [3.63, 3.8) is 0 Å². The number of hydrogen-bond acceptors (Lipinski definition) is 3. The molecule has 2 aromatic carbocycles.